The molecule has 4 aromatic rings. The van der Waals surface area contributed by atoms with Gasteiger partial charge in [-0.3, -0.25) is 34.0 Å². The van der Waals surface area contributed by atoms with Crippen LogP contribution in [-0.2, 0) is 13.1 Å². The van der Waals surface area contributed by atoms with E-state index in [0.29, 0.717) is 5.82 Å². The van der Waals surface area contributed by atoms with Gasteiger partial charge >= 0.3 is 0 Å². The number of fused-ring (bicyclic) bond motifs is 1. The number of ketones is 1. The van der Waals surface area contributed by atoms with Crippen molar-refractivity contribution in [1.29, 1.82) is 0 Å². The number of aromatic nitrogens is 3. The third kappa shape index (κ3) is 4.69. The van der Waals surface area contributed by atoms with E-state index in [4.69, 9.17) is 11.6 Å². The fourth-order valence-corrected chi connectivity index (χ4v) is 4.67. The van der Waals surface area contributed by atoms with E-state index in [1.54, 1.807) is 47.0 Å². The van der Waals surface area contributed by atoms with Crippen LogP contribution in [0.1, 0.15) is 48.3 Å². The maximum atomic E-state index is 13.7. The second-order valence-corrected chi connectivity index (χ2v) is 9.52. The number of nitro benzene ring substituents is 1. The molecule has 0 N–H and O–H groups in total. The van der Waals surface area contributed by atoms with Crippen LogP contribution in [0.15, 0.2) is 66.7 Å². The molecule has 0 atom stereocenters. The van der Waals surface area contributed by atoms with Crippen LogP contribution < -0.4 is 0 Å². The zero-order valence-electron chi connectivity index (χ0n) is 20.9. The highest BCUT2D eigenvalue weighted by Gasteiger charge is 2.36. The Labute approximate surface area is 227 Å². The Morgan fingerprint density at radius 2 is 1.54 bits per heavy atom. The molecule has 0 unspecified atom stereocenters. The summed E-state index contributed by atoms with van der Waals surface area (Å²) in [7, 11) is 3.63. The second kappa shape index (κ2) is 10.2. The van der Waals surface area contributed by atoms with Crippen molar-refractivity contribution in [3.63, 3.8) is 0 Å². The van der Waals surface area contributed by atoms with Crippen LogP contribution in [0.3, 0.4) is 0 Å². The number of nitro groups is 1. The van der Waals surface area contributed by atoms with Crippen molar-refractivity contribution in [3.8, 4) is 5.69 Å². The van der Waals surface area contributed by atoms with Gasteiger partial charge in [0, 0.05) is 17.7 Å². The minimum atomic E-state index is -0.597. The van der Waals surface area contributed by atoms with Gasteiger partial charge in [-0.2, -0.15) is 0 Å². The highest BCUT2D eigenvalue weighted by Crippen LogP contribution is 2.30. The van der Waals surface area contributed by atoms with Gasteiger partial charge in [0.15, 0.2) is 17.4 Å². The average molecular weight is 545 g/mol. The van der Waals surface area contributed by atoms with Crippen LogP contribution in [0.5, 0.6) is 0 Å². The van der Waals surface area contributed by atoms with Crippen LogP contribution in [0, 0.1) is 10.1 Å². The summed E-state index contributed by atoms with van der Waals surface area (Å²) in [4.78, 5) is 53.7. The monoisotopic (exact) mass is 544 g/mol. The lowest BCUT2D eigenvalue weighted by atomic mass is 10.0. The zero-order chi connectivity index (χ0) is 27.8. The first-order chi connectivity index (χ1) is 18.7. The van der Waals surface area contributed by atoms with Gasteiger partial charge in [0.25, 0.3) is 17.5 Å². The summed E-state index contributed by atoms with van der Waals surface area (Å²) in [5.41, 5.74) is 0.669. The highest BCUT2D eigenvalue weighted by atomic mass is 35.5. The van der Waals surface area contributed by atoms with E-state index in [-0.39, 0.29) is 57.6 Å². The summed E-state index contributed by atoms with van der Waals surface area (Å²) in [6.07, 6.45) is 0. The Hall–Kier alpha value is -4.74. The molecule has 11 nitrogen and oxygen atoms in total. The molecule has 0 fully saturated rings. The Balaban J connectivity index is 1.66. The van der Waals surface area contributed by atoms with Gasteiger partial charge in [-0.05, 0) is 44.4 Å². The van der Waals surface area contributed by atoms with Gasteiger partial charge in [0.2, 0.25) is 0 Å². The summed E-state index contributed by atoms with van der Waals surface area (Å²) < 4.78 is 1.55. The number of nitrogens with zero attached hydrogens (tertiary/aromatic N) is 6. The van der Waals surface area contributed by atoms with Crippen molar-refractivity contribution in [2.75, 3.05) is 14.1 Å². The average Bonchev–Trinajstić information content (AvgIpc) is 3.41. The molecule has 0 aliphatic carbocycles. The number of carbonyl (C=O) groups excluding carboxylic acids is 3. The van der Waals surface area contributed by atoms with E-state index in [9.17, 15) is 24.5 Å². The minimum Gasteiger partial charge on any atom is -0.302 e. The Morgan fingerprint density at radius 3 is 2.15 bits per heavy atom. The molecule has 0 radical (unpaired) electrons. The SMILES string of the molecule is CN(C)Cc1nnc(CN2C(=O)c3ccccc3C2=O)n1-c1ccc([N+](=O)[O-])cc1C(=O)c1ccccc1Cl. The maximum Gasteiger partial charge on any atom is 0.270 e. The fraction of sp³-hybridized carbons (Fsp3) is 0.148. The van der Waals surface area contributed by atoms with Crippen LogP contribution >= 0.6 is 11.6 Å². The molecular weight excluding hydrogens is 524 g/mol. The molecule has 196 valence electrons. The van der Waals surface area contributed by atoms with Gasteiger partial charge in [-0.1, -0.05) is 35.9 Å². The molecule has 12 heteroatoms. The number of hydrogen-bond acceptors (Lipinski definition) is 8. The topological polar surface area (TPSA) is 132 Å². The molecule has 0 saturated heterocycles. The van der Waals surface area contributed by atoms with E-state index < -0.39 is 22.5 Å². The number of imide groups is 1. The predicted octanol–water partition coefficient (Wildman–Crippen LogP) is 3.92. The number of non-ortho nitro benzene ring substituents is 1. The third-order valence-corrected chi connectivity index (χ3v) is 6.56. The standard InChI is InChI=1S/C27H21ClN6O5/c1-31(2)14-23-29-30-24(15-32-26(36)17-7-3-4-8-18(17)27(32)37)33(23)22-12-11-16(34(38)39)13-20(22)25(35)19-9-5-6-10-21(19)28/h3-13H,14-15H2,1-2H3. The first-order valence-corrected chi connectivity index (χ1v) is 12.2. The van der Waals surface area contributed by atoms with E-state index in [1.807, 2.05) is 19.0 Å². The lowest BCUT2D eigenvalue weighted by Gasteiger charge is -2.19. The molecule has 0 spiro atoms. The molecule has 3 aromatic carbocycles. The summed E-state index contributed by atoms with van der Waals surface area (Å²) in [6, 6.07) is 16.8. The van der Waals surface area contributed by atoms with Gasteiger partial charge in [0.05, 0.1) is 45.4 Å². The molecule has 5 rings (SSSR count). The van der Waals surface area contributed by atoms with Gasteiger partial charge in [-0.15, -0.1) is 10.2 Å². The summed E-state index contributed by atoms with van der Waals surface area (Å²) in [5, 5.41) is 20.3. The largest absolute Gasteiger partial charge is 0.302 e. The van der Waals surface area contributed by atoms with Gasteiger partial charge in [0.1, 0.15) is 0 Å². The Bertz CT molecular complexity index is 1630. The molecule has 1 aliphatic heterocycles. The minimum absolute atomic E-state index is 0.0132. The van der Waals surface area contributed by atoms with E-state index in [0.717, 1.165) is 4.90 Å². The Kier molecular flexibility index (Phi) is 6.77. The smallest absolute Gasteiger partial charge is 0.270 e. The first kappa shape index (κ1) is 25.9. The van der Waals surface area contributed by atoms with Crippen molar-refractivity contribution in [2.24, 2.45) is 0 Å². The van der Waals surface area contributed by atoms with E-state index in [1.165, 1.54) is 24.3 Å². The molecule has 2 heterocycles. The van der Waals surface area contributed by atoms with Crippen molar-refractivity contribution >= 4 is 34.9 Å². The lowest BCUT2D eigenvalue weighted by Crippen LogP contribution is -2.31. The molecule has 1 aromatic heterocycles. The van der Waals surface area contributed by atoms with Crippen LogP contribution in [0.4, 0.5) is 5.69 Å². The lowest BCUT2D eigenvalue weighted by molar-refractivity contribution is -0.384. The maximum absolute atomic E-state index is 13.7. The number of benzene rings is 3. The van der Waals surface area contributed by atoms with E-state index >= 15 is 0 Å². The normalized spacial score (nSPS) is 12.8. The Morgan fingerprint density at radius 1 is 0.923 bits per heavy atom. The van der Waals surface area contributed by atoms with Crippen LogP contribution in [0.25, 0.3) is 5.69 Å². The second-order valence-electron chi connectivity index (χ2n) is 9.12. The van der Waals surface area contributed by atoms with Gasteiger partial charge < -0.3 is 4.90 Å². The molecular formula is C27H21ClN6O5. The third-order valence-electron chi connectivity index (χ3n) is 6.23. The number of halogens is 1. The first-order valence-electron chi connectivity index (χ1n) is 11.8. The van der Waals surface area contributed by atoms with Crippen molar-refractivity contribution < 1.29 is 19.3 Å². The summed E-state index contributed by atoms with van der Waals surface area (Å²) in [5.74, 6) is -0.904. The van der Waals surface area contributed by atoms with Gasteiger partial charge in [-0.25, -0.2) is 0 Å². The molecule has 0 bridgehead atoms. The van der Waals surface area contributed by atoms with Crippen molar-refractivity contribution in [3.05, 3.63) is 116 Å². The van der Waals surface area contributed by atoms with E-state index in [2.05, 4.69) is 10.2 Å². The number of carbonyl (C=O) groups is 3. The van der Waals surface area contributed by atoms with Crippen LogP contribution in [-0.4, -0.2) is 61.2 Å². The highest BCUT2D eigenvalue weighted by molar-refractivity contribution is 6.35. The van der Waals surface area contributed by atoms with Crippen molar-refractivity contribution in [1.82, 2.24) is 24.6 Å². The number of rotatable bonds is 8. The fourth-order valence-electron chi connectivity index (χ4n) is 4.45. The summed E-state index contributed by atoms with van der Waals surface area (Å²) >= 11 is 6.30. The molecule has 39 heavy (non-hydrogen) atoms. The van der Waals surface area contributed by atoms with Crippen LogP contribution in [0.2, 0.25) is 5.02 Å². The van der Waals surface area contributed by atoms with Crippen molar-refractivity contribution in [2.45, 2.75) is 13.1 Å². The quantitative estimate of drug-likeness (QED) is 0.141. The predicted molar refractivity (Wildman–Crippen MR) is 141 cm³/mol. The molecule has 2 amide bonds. The summed E-state index contributed by atoms with van der Waals surface area (Å²) in [6.45, 7) is 0.0509. The number of hydrogen-bond donors (Lipinski definition) is 0. The molecule has 1 aliphatic rings. The number of amides is 2. The molecule has 0 saturated carbocycles. The zero-order valence-corrected chi connectivity index (χ0v) is 21.6.